The molecule has 0 aliphatic heterocycles. The summed E-state index contributed by atoms with van der Waals surface area (Å²) in [6.45, 7) is 1.41. The zero-order chi connectivity index (χ0) is 23.9. The average Bonchev–Trinajstić information content (AvgIpc) is 3.47. The van der Waals surface area contributed by atoms with E-state index in [9.17, 15) is 13.2 Å². The number of carbonyl (C=O) groups is 1. The number of aromatic nitrogens is 4. The fourth-order valence-electron chi connectivity index (χ4n) is 3.83. The van der Waals surface area contributed by atoms with Crippen molar-refractivity contribution in [3.8, 4) is 17.5 Å². The van der Waals surface area contributed by atoms with Crippen LogP contribution in [0, 0.1) is 11.3 Å². The van der Waals surface area contributed by atoms with Crippen LogP contribution in [0.15, 0.2) is 52.5 Å². The Balaban J connectivity index is 1.33. The van der Waals surface area contributed by atoms with Gasteiger partial charge in [-0.05, 0) is 31.0 Å². The summed E-state index contributed by atoms with van der Waals surface area (Å²) in [7, 11) is -3.84. The second-order valence-electron chi connectivity index (χ2n) is 8.01. The minimum Gasteiger partial charge on any atom is -0.444 e. The maximum atomic E-state index is 12.6. The maximum absolute atomic E-state index is 12.6. The Labute approximate surface area is 194 Å². The number of rotatable bonds is 7. The highest BCUT2D eigenvalue weighted by Crippen LogP contribution is 2.36. The van der Waals surface area contributed by atoms with Crippen LogP contribution in [-0.4, -0.2) is 46.2 Å². The molecule has 1 aliphatic rings. The number of hydrogen-bond acceptors (Lipinski definition) is 9. The van der Waals surface area contributed by atoms with Crippen molar-refractivity contribution in [2.75, 3.05) is 5.32 Å². The minimum absolute atomic E-state index is 0.0207. The molecule has 5 rings (SSSR count). The van der Waals surface area contributed by atoms with Crippen molar-refractivity contribution >= 4 is 32.5 Å². The number of ketones is 1. The number of nitrogens with zero attached hydrogens (tertiary/aromatic N) is 4. The molecule has 0 radical (unpaired) electrons. The molecule has 0 bridgehead atoms. The Morgan fingerprint density at radius 1 is 1.26 bits per heavy atom. The van der Waals surface area contributed by atoms with Crippen molar-refractivity contribution in [1.82, 2.24) is 24.7 Å². The quantitative estimate of drug-likeness (QED) is 0.339. The predicted molar refractivity (Wildman–Crippen MR) is 121 cm³/mol. The molecule has 0 atom stereocenters. The zero-order valence-electron chi connectivity index (χ0n) is 17.9. The summed E-state index contributed by atoms with van der Waals surface area (Å²) in [5.41, 5.74) is 2.45. The lowest BCUT2D eigenvalue weighted by Crippen LogP contribution is -2.49. The van der Waals surface area contributed by atoms with Gasteiger partial charge in [-0.1, -0.05) is 0 Å². The number of fused-ring (bicyclic) bond motifs is 1. The fourth-order valence-corrected chi connectivity index (χ4v) is 5.06. The second-order valence-corrected chi connectivity index (χ2v) is 9.67. The summed E-state index contributed by atoms with van der Waals surface area (Å²) in [6, 6.07) is 6.17. The molecule has 0 unspecified atom stereocenters. The van der Waals surface area contributed by atoms with Gasteiger partial charge in [0.25, 0.3) is 10.0 Å². The van der Waals surface area contributed by atoms with E-state index >= 15 is 0 Å². The number of anilines is 1. The van der Waals surface area contributed by atoms with Crippen LogP contribution in [0.25, 0.3) is 22.5 Å². The van der Waals surface area contributed by atoms with Crippen molar-refractivity contribution in [1.29, 1.82) is 5.26 Å². The highest BCUT2D eigenvalue weighted by atomic mass is 32.2. The van der Waals surface area contributed by atoms with E-state index in [4.69, 9.17) is 9.68 Å². The molecule has 4 heterocycles. The molecule has 12 heteroatoms. The standard InChI is InChI=1S/C22H19N7O4S/c1-12(30)18-11-33-22(28-18)17-10-26-21-16(3-5-25-21)20(17)27-14-7-15(8-14)29-34(31,32)19-6-13(9-23)2-4-24-19/h2-6,10-11,14-15,29H,7-8H2,1H3,(H2,25,26,27)/t14-,15+. The molecule has 3 N–H and O–H groups in total. The third kappa shape index (κ3) is 4.02. The molecule has 0 spiro atoms. The molecule has 34 heavy (non-hydrogen) atoms. The van der Waals surface area contributed by atoms with Gasteiger partial charge in [0, 0.05) is 43.0 Å². The number of hydrogen-bond donors (Lipinski definition) is 3. The lowest BCUT2D eigenvalue weighted by molar-refractivity contribution is 0.101. The molecule has 4 aromatic heterocycles. The molecule has 1 fully saturated rings. The first kappa shape index (κ1) is 21.7. The van der Waals surface area contributed by atoms with E-state index in [1.54, 1.807) is 12.4 Å². The Morgan fingerprint density at radius 3 is 2.82 bits per heavy atom. The molecule has 172 valence electrons. The van der Waals surface area contributed by atoms with E-state index in [1.807, 2.05) is 12.1 Å². The fraction of sp³-hybridized carbons (Fsp3) is 0.227. The smallest absolute Gasteiger partial charge is 0.258 e. The normalized spacial score (nSPS) is 17.8. The highest BCUT2D eigenvalue weighted by Gasteiger charge is 2.34. The van der Waals surface area contributed by atoms with Gasteiger partial charge in [0.05, 0.1) is 22.9 Å². The molecule has 11 nitrogen and oxygen atoms in total. The van der Waals surface area contributed by atoms with Gasteiger partial charge in [-0.3, -0.25) is 4.79 Å². The van der Waals surface area contributed by atoms with Crippen LogP contribution in [0.3, 0.4) is 0 Å². The van der Waals surface area contributed by atoms with Gasteiger partial charge in [-0.2, -0.15) is 5.26 Å². The maximum Gasteiger partial charge on any atom is 0.258 e. The number of carbonyl (C=O) groups excluding carboxylic acids is 1. The lowest BCUT2D eigenvalue weighted by atomic mass is 9.87. The van der Waals surface area contributed by atoms with E-state index in [-0.39, 0.29) is 40.0 Å². The first-order valence-electron chi connectivity index (χ1n) is 10.4. The summed E-state index contributed by atoms with van der Waals surface area (Å²) in [6.07, 6.45) is 7.06. The molecular formula is C22H19N7O4S. The summed E-state index contributed by atoms with van der Waals surface area (Å²) >= 11 is 0. The summed E-state index contributed by atoms with van der Waals surface area (Å²) in [5.74, 6) is 0.0624. The number of nitriles is 1. The molecule has 1 saturated carbocycles. The molecule has 0 saturated heterocycles. The van der Waals surface area contributed by atoms with Crippen molar-refractivity contribution < 1.29 is 17.6 Å². The van der Waals surface area contributed by atoms with E-state index < -0.39 is 10.0 Å². The van der Waals surface area contributed by atoms with Crippen LogP contribution < -0.4 is 10.0 Å². The number of aromatic amines is 1. The monoisotopic (exact) mass is 477 g/mol. The first-order valence-corrected chi connectivity index (χ1v) is 11.9. The van der Waals surface area contributed by atoms with Crippen LogP contribution in [0.4, 0.5) is 5.69 Å². The molecule has 4 aromatic rings. The topological polar surface area (TPSA) is 167 Å². The lowest BCUT2D eigenvalue weighted by Gasteiger charge is -2.37. The number of oxazole rings is 1. The first-order chi connectivity index (χ1) is 16.3. The Hall–Kier alpha value is -4.08. The van der Waals surface area contributed by atoms with Gasteiger partial charge in [0.1, 0.15) is 17.6 Å². The number of sulfonamides is 1. The van der Waals surface area contributed by atoms with E-state index in [0.29, 0.717) is 24.1 Å². The molecule has 0 aromatic carbocycles. The van der Waals surface area contributed by atoms with Crippen molar-refractivity contribution in [2.24, 2.45) is 0 Å². The van der Waals surface area contributed by atoms with Crippen LogP contribution in [-0.2, 0) is 10.0 Å². The van der Waals surface area contributed by atoms with Crippen molar-refractivity contribution in [3.05, 3.63) is 54.3 Å². The minimum atomic E-state index is -3.84. The summed E-state index contributed by atoms with van der Waals surface area (Å²) in [5, 5.41) is 13.1. The molecule has 1 aliphatic carbocycles. The Bertz CT molecular complexity index is 1540. The number of pyridine rings is 2. The number of H-pyrrole nitrogens is 1. The highest BCUT2D eigenvalue weighted by molar-refractivity contribution is 7.89. The van der Waals surface area contributed by atoms with Crippen molar-refractivity contribution in [3.63, 3.8) is 0 Å². The van der Waals surface area contributed by atoms with Crippen LogP contribution in [0.5, 0.6) is 0 Å². The molecular weight excluding hydrogens is 458 g/mol. The summed E-state index contributed by atoms with van der Waals surface area (Å²) < 4.78 is 33.4. The largest absolute Gasteiger partial charge is 0.444 e. The van der Waals surface area contributed by atoms with Gasteiger partial charge in [-0.15, -0.1) is 0 Å². The SMILES string of the molecule is CC(=O)c1coc(-c2cnc3[nH]ccc3c2N[C@H]2C[C@@H](NS(=O)(=O)c3cc(C#N)ccn3)C2)n1. The van der Waals surface area contributed by atoms with Gasteiger partial charge in [0.2, 0.25) is 5.89 Å². The van der Waals surface area contributed by atoms with E-state index in [0.717, 1.165) is 11.1 Å². The van der Waals surface area contributed by atoms with Gasteiger partial charge >= 0.3 is 0 Å². The van der Waals surface area contributed by atoms with E-state index in [1.165, 1.54) is 31.5 Å². The predicted octanol–water partition coefficient (Wildman–Crippen LogP) is 2.61. The third-order valence-corrected chi connectivity index (χ3v) is 7.05. The average molecular weight is 478 g/mol. The third-order valence-electron chi connectivity index (χ3n) is 5.63. The van der Waals surface area contributed by atoms with Crippen LogP contribution >= 0.6 is 0 Å². The molecule has 0 amide bonds. The van der Waals surface area contributed by atoms with Gasteiger partial charge in [-0.25, -0.2) is 28.1 Å². The van der Waals surface area contributed by atoms with Crippen LogP contribution in [0.2, 0.25) is 0 Å². The van der Waals surface area contributed by atoms with Gasteiger partial charge in [0.15, 0.2) is 10.8 Å². The zero-order valence-corrected chi connectivity index (χ0v) is 18.8. The number of Topliss-reactive ketones (excluding diaryl/α,β-unsaturated/α-hetero) is 1. The second kappa shape index (κ2) is 8.36. The number of nitrogens with one attached hydrogen (secondary N) is 3. The van der Waals surface area contributed by atoms with Crippen LogP contribution in [0.1, 0.15) is 35.8 Å². The van der Waals surface area contributed by atoms with E-state index in [2.05, 4.69) is 30.0 Å². The Morgan fingerprint density at radius 2 is 2.09 bits per heavy atom. The Kier molecular flexibility index (Phi) is 5.35. The van der Waals surface area contributed by atoms with Crippen molar-refractivity contribution in [2.45, 2.75) is 36.9 Å². The summed E-state index contributed by atoms with van der Waals surface area (Å²) in [4.78, 5) is 27.2. The van der Waals surface area contributed by atoms with Gasteiger partial charge < -0.3 is 14.7 Å².